The second-order valence-electron chi connectivity index (χ2n) is 6.10. The summed E-state index contributed by atoms with van der Waals surface area (Å²) in [6.07, 6.45) is 3.70. The van der Waals surface area contributed by atoms with E-state index in [0.29, 0.717) is 11.1 Å². The van der Waals surface area contributed by atoms with Crippen LogP contribution in [0.5, 0.6) is 5.75 Å². The van der Waals surface area contributed by atoms with Crippen LogP contribution in [-0.2, 0) is 0 Å². The highest BCUT2D eigenvalue weighted by molar-refractivity contribution is 5.91. The average Bonchev–Trinajstić information content (AvgIpc) is 2.77. The molecule has 0 unspecified atom stereocenters. The molecule has 0 aliphatic carbocycles. The second-order valence-corrected chi connectivity index (χ2v) is 6.10. The number of ether oxygens (including phenoxy) is 1. The number of methoxy groups -OCH3 is 1. The predicted molar refractivity (Wildman–Crippen MR) is 113 cm³/mol. The van der Waals surface area contributed by atoms with Gasteiger partial charge in [-0.3, -0.25) is 0 Å². The molecule has 0 radical (unpaired) electrons. The lowest BCUT2D eigenvalue weighted by Crippen LogP contribution is -1.85. The Morgan fingerprint density at radius 2 is 1.14 bits per heavy atom. The molecule has 0 fully saturated rings. The van der Waals surface area contributed by atoms with Gasteiger partial charge in [0.15, 0.2) is 0 Å². The highest BCUT2D eigenvalue weighted by atomic mass is 16.5. The van der Waals surface area contributed by atoms with Gasteiger partial charge in [-0.1, -0.05) is 54.6 Å². The number of hydrogen-bond donors (Lipinski definition) is 0. The number of nitrogens with zero attached hydrogens (tertiary/aromatic N) is 2. The fraction of sp³-hybridized carbons (Fsp3) is 0.0400. The molecule has 0 N–H and O–H groups in total. The Balaban J connectivity index is 1.85. The number of hydrogen-bond acceptors (Lipinski definition) is 3. The van der Waals surface area contributed by atoms with E-state index >= 15 is 0 Å². The van der Waals surface area contributed by atoms with Gasteiger partial charge in [0.05, 0.1) is 30.4 Å². The molecule has 0 amide bonds. The van der Waals surface area contributed by atoms with Gasteiger partial charge in [0.25, 0.3) is 0 Å². The van der Waals surface area contributed by atoms with Crippen LogP contribution in [0.15, 0.2) is 78.9 Å². The van der Waals surface area contributed by atoms with Gasteiger partial charge in [-0.2, -0.15) is 10.5 Å². The number of rotatable bonds is 5. The van der Waals surface area contributed by atoms with Gasteiger partial charge in [0, 0.05) is 0 Å². The topological polar surface area (TPSA) is 56.8 Å². The Kier molecular flexibility index (Phi) is 6.03. The van der Waals surface area contributed by atoms with Crippen molar-refractivity contribution in [3.05, 3.63) is 101 Å². The van der Waals surface area contributed by atoms with Crippen LogP contribution in [0, 0.1) is 22.7 Å². The largest absolute Gasteiger partial charge is 0.497 e. The normalized spacial score (nSPS) is 11.4. The van der Waals surface area contributed by atoms with E-state index in [0.717, 1.165) is 28.0 Å². The molecule has 0 spiro atoms. The van der Waals surface area contributed by atoms with Crippen LogP contribution in [0.3, 0.4) is 0 Å². The maximum Gasteiger partial charge on any atom is 0.118 e. The second kappa shape index (κ2) is 9.03. The third-order valence-corrected chi connectivity index (χ3v) is 4.29. The molecule has 0 aromatic heterocycles. The van der Waals surface area contributed by atoms with Crippen molar-refractivity contribution in [3.63, 3.8) is 0 Å². The van der Waals surface area contributed by atoms with Crippen molar-refractivity contribution < 1.29 is 4.74 Å². The molecule has 134 valence electrons. The SMILES string of the molecule is COc1ccc(/C(C#N)=C\c2ccc(/C=C(\C#N)c3ccccc3)cc2)cc1. The van der Waals surface area contributed by atoms with E-state index in [-0.39, 0.29) is 0 Å². The van der Waals surface area contributed by atoms with Gasteiger partial charge in [0.2, 0.25) is 0 Å². The Labute approximate surface area is 165 Å². The Morgan fingerprint density at radius 1 is 0.679 bits per heavy atom. The fourth-order valence-electron chi connectivity index (χ4n) is 2.77. The molecule has 0 heterocycles. The van der Waals surface area contributed by atoms with Crippen LogP contribution in [0.1, 0.15) is 22.3 Å². The van der Waals surface area contributed by atoms with Crippen LogP contribution in [-0.4, -0.2) is 7.11 Å². The molecule has 3 nitrogen and oxygen atoms in total. The van der Waals surface area contributed by atoms with Crippen LogP contribution >= 0.6 is 0 Å². The van der Waals surface area contributed by atoms with Crippen molar-refractivity contribution in [2.75, 3.05) is 7.11 Å². The first-order chi connectivity index (χ1) is 13.7. The summed E-state index contributed by atoms with van der Waals surface area (Å²) in [5.41, 5.74) is 4.76. The van der Waals surface area contributed by atoms with E-state index in [1.807, 2.05) is 91.0 Å². The molecule has 3 heteroatoms. The average molecular weight is 362 g/mol. The van der Waals surface area contributed by atoms with Crippen LogP contribution in [0.4, 0.5) is 0 Å². The first-order valence-electron chi connectivity index (χ1n) is 8.77. The molecule has 0 saturated carbocycles. The van der Waals surface area contributed by atoms with Crippen LogP contribution in [0.2, 0.25) is 0 Å². The Morgan fingerprint density at radius 3 is 1.57 bits per heavy atom. The molecule has 0 aliphatic rings. The molecule has 3 aromatic rings. The minimum atomic E-state index is 0.577. The van der Waals surface area contributed by atoms with Gasteiger partial charge in [-0.05, 0) is 58.7 Å². The van der Waals surface area contributed by atoms with Gasteiger partial charge in [-0.15, -0.1) is 0 Å². The quantitative estimate of drug-likeness (QED) is 0.424. The lowest BCUT2D eigenvalue weighted by molar-refractivity contribution is 0.415. The van der Waals surface area contributed by atoms with E-state index < -0.39 is 0 Å². The fourth-order valence-corrected chi connectivity index (χ4v) is 2.77. The first-order valence-corrected chi connectivity index (χ1v) is 8.77. The zero-order valence-corrected chi connectivity index (χ0v) is 15.5. The monoisotopic (exact) mass is 362 g/mol. The highest BCUT2D eigenvalue weighted by Crippen LogP contribution is 2.22. The van der Waals surface area contributed by atoms with E-state index in [1.54, 1.807) is 7.11 Å². The summed E-state index contributed by atoms with van der Waals surface area (Å²) in [5, 5.41) is 18.9. The summed E-state index contributed by atoms with van der Waals surface area (Å²) in [6, 6.07) is 29.2. The van der Waals surface area contributed by atoms with E-state index in [1.165, 1.54) is 0 Å². The van der Waals surface area contributed by atoms with E-state index in [2.05, 4.69) is 12.1 Å². The summed E-state index contributed by atoms with van der Waals surface area (Å²) >= 11 is 0. The molecule has 3 rings (SSSR count). The molecule has 0 bridgehead atoms. The maximum absolute atomic E-state index is 9.50. The molecular weight excluding hydrogens is 344 g/mol. The summed E-state index contributed by atoms with van der Waals surface area (Å²) in [4.78, 5) is 0. The first kappa shape index (κ1) is 18.7. The summed E-state index contributed by atoms with van der Waals surface area (Å²) < 4.78 is 5.16. The lowest BCUT2D eigenvalue weighted by atomic mass is 10.0. The van der Waals surface area contributed by atoms with Crippen LogP contribution < -0.4 is 4.74 Å². The molecule has 28 heavy (non-hydrogen) atoms. The van der Waals surface area contributed by atoms with Crippen molar-refractivity contribution in [1.82, 2.24) is 0 Å². The number of allylic oxidation sites excluding steroid dienone is 2. The van der Waals surface area contributed by atoms with Crippen molar-refractivity contribution in [1.29, 1.82) is 10.5 Å². The smallest absolute Gasteiger partial charge is 0.118 e. The molecule has 3 aromatic carbocycles. The van der Waals surface area contributed by atoms with E-state index in [4.69, 9.17) is 4.74 Å². The van der Waals surface area contributed by atoms with Crippen LogP contribution in [0.25, 0.3) is 23.3 Å². The van der Waals surface area contributed by atoms with Gasteiger partial charge in [0.1, 0.15) is 5.75 Å². The number of benzene rings is 3. The molecule has 0 atom stereocenters. The number of nitriles is 2. The van der Waals surface area contributed by atoms with Gasteiger partial charge >= 0.3 is 0 Å². The minimum Gasteiger partial charge on any atom is -0.497 e. The third-order valence-electron chi connectivity index (χ3n) is 4.29. The van der Waals surface area contributed by atoms with E-state index in [9.17, 15) is 10.5 Å². The Bertz CT molecular complexity index is 1080. The standard InChI is InChI=1S/C25H18N2O/c1-28-25-13-11-22(12-14-25)24(18-27)16-20-9-7-19(8-10-20)15-23(17-26)21-5-3-2-4-6-21/h2-16H,1H3/b23-15+,24-16-. The van der Waals surface area contributed by atoms with Crippen molar-refractivity contribution in [2.45, 2.75) is 0 Å². The zero-order chi connectivity index (χ0) is 19.8. The minimum absolute atomic E-state index is 0.577. The van der Waals surface area contributed by atoms with Gasteiger partial charge < -0.3 is 4.74 Å². The molecule has 0 aliphatic heterocycles. The van der Waals surface area contributed by atoms with Gasteiger partial charge in [-0.25, -0.2) is 0 Å². The highest BCUT2D eigenvalue weighted by Gasteiger charge is 2.03. The Hall–Kier alpha value is -4.08. The predicted octanol–water partition coefficient (Wildman–Crippen LogP) is 5.82. The summed E-state index contributed by atoms with van der Waals surface area (Å²) in [7, 11) is 1.61. The van der Waals surface area contributed by atoms with Crippen molar-refractivity contribution in [3.8, 4) is 17.9 Å². The third kappa shape index (κ3) is 4.55. The van der Waals surface area contributed by atoms with Crippen molar-refractivity contribution >= 4 is 23.3 Å². The molecule has 0 saturated heterocycles. The summed E-state index contributed by atoms with van der Waals surface area (Å²) in [5.74, 6) is 0.754. The zero-order valence-electron chi connectivity index (χ0n) is 15.5. The maximum atomic E-state index is 9.50. The molecular formula is C25H18N2O. The lowest BCUT2D eigenvalue weighted by Gasteiger charge is -2.03. The van der Waals surface area contributed by atoms with Crippen molar-refractivity contribution in [2.24, 2.45) is 0 Å². The summed E-state index contributed by atoms with van der Waals surface area (Å²) in [6.45, 7) is 0.